The molecule has 300 valence electrons. The third kappa shape index (κ3) is 7.36. The number of fused-ring (bicyclic) bond motifs is 3. The van der Waals surface area contributed by atoms with Gasteiger partial charge in [-0.3, -0.25) is 0 Å². The van der Waals surface area contributed by atoms with Crippen LogP contribution in [0.2, 0.25) is 0 Å². The molecule has 63 heavy (non-hydrogen) atoms. The Hall–Kier alpha value is -7.94. The van der Waals surface area contributed by atoms with Crippen molar-refractivity contribution in [1.29, 1.82) is 0 Å². The molecule has 0 amide bonds. The van der Waals surface area contributed by atoms with Crippen LogP contribution in [0.3, 0.4) is 0 Å². The van der Waals surface area contributed by atoms with Gasteiger partial charge in [0.25, 0.3) is 0 Å². The van der Waals surface area contributed by atoms with E-state index in [1.54, 1.807) is 0 Å². The average Bonchev–Trinajstić information content (AvgIpc) is 3.70. The van der Waals surface area contributed by atoms with Crippen molar-refractivity contribution in [3.63, 3.8) is 0 Å². The van der Waals surface area contributed by atoms with Crippen molar-refractivity contribution in [3.05, 3.63) is 254 Å². The number of nitrogens with zero attached hydrogens (tertiary/aromatic N) is 2. The van der Waals surface area contributed by atoms with Crippen LogP contribution >= 0.6 is 0 Å². The highest BCUT2D eigenvalue weighted by Crippen LogP contribution is 2.41. The van der Waals surface area contributed by atoms with Crippen molar-refractivity contribution in [2.75, 3.05) is 4.90 Å². The Morgan fingerprint density at radius 2 is 0.698 bits per heavy atom. The largest absolute Gasteiger partial charge is 0.314 e. The van der Waals surface area contributed by atoms with E-state index in [4.69, 9.17) is 0 Å². The van der Waals surface area contributed by atoms with Gasteiger partial charge in [0, 0.05) is 33.5 Å². The zero-order valence-corrected chi connectivity index (χ0v) is 35.3. The molecule has 0 N–H and O–H groups in total. The predicted molar refractivity (Wildman–Crippen MR) is 267 cm³/mol. The maximum Gasteiger partial charge on any atom is 0.0541 e. The van der Waals surface area contributed by atoms with Crippen molar-refractivity contribution in [3.8, 4) is 50.2 Å². The highest BCUT2D eigenvalue weighted by Gasteiger charge is 2.23. The molecule has 1 heterocycles. The lowest BCUT2D eigenvalue weighted by atomic mass is 9.85. The van der Waals surface area contributed by atoms with E-state index in [-0.39, 0.29) is 0 Å². The summed E-state index contributed by atoms with van der Waals surface area (Å²) in [6, 6.07) is 83.7. The fourth-order valence-corrected chi connectivity index (χ4v) is 9.45. The Morgan fingerprint density at radius 1 is 0.349 bits per heavy atom. The van der Waals surface area contributed by atoms with Crippen LogP contribution in [0.25, 0.3) is 77.6 Å². The molecule has 1 aliphatic rings. The molecule has 11 rings (SSSR count). The van der Waals surface area contributed by atoms with E-state index < -0.39 is 0 Å². The Bertz CT molecular complexity index is 3190. The summed E-state index contributed by atoms with van der Waals surface area (Å²) >= 11 is 0. The first kappa shape index (κ1) is 38.0. The molecular weight excluding hydrogens is 761 g/mol. The summed E-state index contributed by atoms with van der Waals surface area (Å²) in [6.45, 7) is 2.36. The third-order valence-electron chi connectivity index (χ3n) is 12.7. The van der Waals surface area contributed by atoms with Crippen LogP contribution in [-0.2, 0) is 0 Å². The van der Waals surface area contributed by atoms with E-state index in [0.717, 1.165) is 23.5 Å². The van der Waals surface area contributed by atoms with E-state index in [2.05, 4.69) is 259 Å². The maximum absolute atomic E-state index is 2.44. The van der Waals surface area contributed by atoms with E-state index in [0.29, 0.717) is 5.92 Å². The summed E-state index contributed by atoms with van der Waals surface area (Å²) in [5.74, 6) is 0.338. The number of aromatic nitrogens is 1. The number of anilines is 2. The first-order valence-electron chi connectivity index (χ1n) is 22.0. The number of allylic oxidation sites excluding steroid dienone is 4. The minimum atomic E-state index is 0.338. The van der Waals surface area contributed by atoms with Crippen LogP contribution in [0.15, 0.2) is 248 Å². The molecule has 0 radical (unpaired) electrons. The topological polar surface area (TPSA) is 8.17 Å². The van der Waals surface area contributed by atoms with Gasteiger partial charge in [-0.25, -0.2) is 0 Å². The highest BCUT2D eigenvalue weighted by molar-refractivity contribution is 6.09. The molecule has 0 saturated heterocycles. The second kappa shape index (κ2) is 16.5. The summed E-state index contributed by atoms with van der Waals surface area (Å²) in [7, 11) is 0. The standard InChI is InChI=1S/C61H46N2/c1-43-42-56(40-41-57(43)52-26-24-47(25-27-52)45-14-6-3-7-15-45)62(53-34-28-49(29-35-53)48-22-20-46(21-23-48)44-12-4-2-5-13-44)54-36-30-50(31-37-54)51-32-38-55(39-33-51)63-60-18-10-8-16-58(60)59-17-9-11-19-61(59)63/h2-41,43H,42H2,1H3. The van der Waals surface area contributed by atoms with Crippen LogP contribution < -0.4 is 4.90 Å². The molecule has 0 saturated carbocycles. The van der Waals surface area contributed by atoms with Crippen molar-refractivity contribution in [2.24, 2.45) is 5.92 Å². The molecule has 2 heteroatoms. The number of rotatable bonds is 9. The number of para-hydroxylation sites is 2. The molecule has 1 aromatic heterocycles. The first-order valence-corrected chi connectivity index (χ1v) is 22.0. The van der Waals surface area contributed by atoms with Crippen molar-refractivity contribution < 1.29 is 0 Å². The summed E-state index contributed by atoms with van der Waals surface area (Å²) in [5.41, 5.74) is 19.5. The smallest absolute Gasteiger partial charge is 0.0541 e. The zero-order valence-electron chi connectivity index (χ0n) is 35.3. The monoisotopic (exact) mass is 806 g/mol. The molecule has 1 aliphatic carbocycles. The normalized spacial score (nSPS) is 13.8. The lowest BCUT2D eigenvalue weighted by Gasteiger charge is -2.32. The molecule has 1 unspecified atom stereocenters. The maximum atomic E-state index is 2.44. The molecule has 1 atom stereocenters. The summed E-state index contributed by atoms with van der Waals surface area (Å²) in [5, 5.41) is 2.55. The van der Waals surface area contributed by atoms with Gasteiger partial charge in [-0.1, -0.05) is 195 Å². The highest BCUT2D eigenvalue weighted by atomic mass is 15.1. The number of hydrogen-bond donors (Lipinski definition) is 0. The molecule has 9 aromatic carbocycles. The van der Waals surface area contributed by atoms with Crippen LogP contribution in [0.5, 0.6) is 0 Å². The van der Waals surface area contributed by atoms with Crippen LogP contribution in [-0.4, -0.2) is 4.57 Å². The third-order valence-corrected chi connectivity index (χ3v) is 12.7. The lowest BCUT2D eigenvalue weighted by Crippen LogP contribution is -2.20. The number of benzene rings is 9. The summed E-state index contributed by atoms with van der Waals surface area (Å²) in [6.07, 6.45) is 5.59. The van der Waals surface area contributed by atoms with Crippen molar-refractivity contribution in [2.45, 2.75) is 13.3 Å². The molecule has 2 nitrogen and oxygen atoms in total. The van der Waals surface area contributed by atoms with E-state index in [1.807, 2.05) is 0 Å². The second-order valence-electron chi connectivity index (χ2n) is 16.6. The van der Waals surface area contributed by atoms with Crippen LogP contribution in [0, 0.1) is 5.92 Å². The fourth-order valence-electron chi connectivity index (χ4n) is 9.45. The summed E-state index contributed by atoms with van der Waals surface area (Å²) < 4.78 is 2.37. The van der Waals surface area contributed by atoms with Gasteiger partial charge in [-0.05, 0) is 123 Å². The SMILES string of the molecule is CC1CC(N(c2ccc(-c3ccc(-c4ccccc4)cc3)cc2)c2ccc(-c3ccc(-n4c5ccccc5c5ccccc54)cc3)cc2)=CC=C1c1ccc(-c2ccccc2)cc1. The minimum absolute atomic E-state index is 0.338. The molecule has 0 fully saturated rings. The predicted octanol–water partition coefficient (Wildman–Crippen LogP) is 16.6. The quantitative estimate of drug-likeness (QED) is 0.141. The molecule has 0 spiro atoms. The zero-order chi connectivity index (χ0) is 42.1. The Morgan fingerprint density at radius 3 is 1.13 bits per heavy atom. The molecular formula is C61H46N2. The van der Waals surface area contributed by atoms with Gasteiger partial charge in [0.15, 0.2) is 0 Å². The van der Waals surface area contributed by atoms with Gasteiger partial charge in [-0.15, -0.1) is 0 Å². The van der Waals surface area contributed by atoms with Gasteiger partial charge in [0.2, 0.25) is 0 Å². The molecule has 0 bridgehead atoms. The van der Waals surface area contributed by atoms with Crippen LogP contribution in [0.1, 0.15) is 18.9 Å². The van der Waals surface area contributed by atoms with E-state index >= 15 is 0 Å². The lowest BCUT2D eigenvalue weighted by molar-refractivity contribution is 0.715. The average molecular weight is 807 g/mol. The molecule has 0 aliphatic heterocycles. The number of hydrogen-bond acceptors (Lipinski definition) is 1. The van der Waals surface area contributed by atoms with Crippen molar-refractivity contribution >= 4 is 38.8 Å². The van der Waals surface area contributed by atoms with Gasteiger partial charge >= 0.3 is 0 Å². The minimum Gasteiger partial charge on any atom is -0.314 e. The second-order valence-corrected chi connectivity index (χ2v) is 16.6. The molecule has 10 aromatic rings. The van der Waals surface area contributed by atoms with E-state index in [9.17, 15) is 0 Å². The van der Waals surface area contributed by atoms with Gasteiger partial charge in [0.1, 0.15) is 0 Å². The van der Waals surface area contributed by atoms with Gasteiger partial charge in [-0.2, -0.15) is 0 Å². The van der Waals surface area contributed by atoms with Gasteiger partial charge in [0.05, 0.1) is 11.0 Å². The van der Waals surface area contributed by atoms with E-state index in [1.165, 1.54) is 83.1 Å². The van der Waals surface area contributed by atoms with Crippen molar-refractivity contribution in [1.82, 2.24) is 4.57 Å². The van der Waals surface area contributed by atoms with Gasteiger partial charge < -0.3 is 9.47 Å². The Labute approximate surface area is 370 Å². The first-order chi connectivity index (χ1) is 31.1. The summed E-state index contributed by atoms with van der Waals surface area (Å²) in [4.78, 5) is 2.44. The fraction of sp³-hybridized carbons (Fsp3) is 0.0492. The Kier molecular flexibility index (Phi) is 9.95. The Balaban J connectivity index is 0.913. The van der Waals surface area contributed by atoms with Crippen LogP contribution in [0.4, 0.5) is 11.4 Å².